The molecule has 0 atom stereocenters. The van der Waals surface area contributed by atoms with E-state index in [1.165, 1.54) is 37.8 Å². The number of anilines is 2. The van der Waals surface area contributed by atoms with Crippen LogP contribution in [0.4, 0.5) is 11.5 Å². The fourth-order valence-electron chi connectivity index (χ4n) is 4.02. The van der Waals surface area contributed by atoms with E-state index in [1.54, 1.807) is 6.20 Å². The number of hydrogen-bond donors (Lipinski definition) is 1. The second kappa shape index (κ2) is 7.30. The molecule has 1 saturated carbocycles. The first-order valence-corrected chi connectivity index (χ1v) is 9.51. The highest BCUT2D eigenvalue weighted by molar-refractivity contribution is 6.04. The predicted octanol–water partition coefficient (Wildman–Crippen LogP) is 4.24. The third-order valence-corrected chi connectivity index (χ3v) is 5.43. The quantitative estimate of drug-likeness (QED) is 0.907. The molecule has 5 nitrogen and oxygen atoms in total. The Labute approximate surface area is 149 Å². The van der Waals surface area contributed by atoms with Gasteiger partial charge in [0, 0.05) is 30.4 Å². The summed E-state index contributed by atoms with van der Waals surface area (Å²) in [5.74, 6) is 0.738. The number of rotatable bonds is 4. The maximum atomic E-state index is 12.6. The molecule has 1 aliphatic heterocycles. The van der Waals surface area contributed by atoms with Gasteiger partial charge in [-0.05, 0) is 56.4 Å². The second-order valence-electron chi connectivity index (χ2n) is 7.15. The van der Waals surface area contributed by atoms with E-state index < -0.39 is 0 Å². The number of piperidine rings is 1. The van der Waals surface area contributed by atoms with Crippen LogP contribution in [0.1, 0.15) is 61.3 Å². The van der Waals surface area contributed by atoms with Crippen LogP contribution in [0, 0.1) is 0 Å². The number of nitrogens with zero attached hydrogens (tertiary/aromatic N) is 3. The van der Waals surface area contributed by atoms with Crippen molar-refractivity contribution in [2.75, 3.05) is 23.3 Å². The molecule has 1 aromatic carbocycles. The van der Waals surface area contributed by atoms with Crippen LogP contribution in [0.25, 0.3) is 0 Å². The Bertz CT molecular complexity index is 710. The molecule has 1 aliphatic carbocycles. The number of carbonyl (C=O) groups excluding carboxylic acids is 1. The number of nitrogens with one attached hydrogen (secondary N) is 1. The van der Waals surface area contributed by atoms with E-state index in [2.05, 4.69) is 27.4 Å². The molecule has 2 aliphatic rings. The lowest BCUT2D eigenvalue weighted by molar-refractivity contribution is 0.102. The standard InChI is InChI=1S/C20H26N4O/c25-20(22-19-12-13-21-24(19)18-6-2-3-7-18)16-8-10-17(11-9-16)23-14-4-1-5-15-23/h8-13,18H,1-7,14-15H2,(H,22,25). The molecule has 0 radical (unpaired) electrons. The van der Waals surface area contributed by atoms with Crippen molar-refractivity contribution >= 4 is 17.4 Å². The molecular formula is C20H26N4O. The molecule has 0 unspecified atom stereocenters. The Hall–Kier alpha value is -2.30. The van der Waals surface area contributed by atoms with Crippen LogP contribution in [-0.4, -0.2) is 28.8 Å². The Morgan fingerprint density at radius 2 is 1.68 bits per heavy atom. The van der Waals surface area contributed by atoms with Crippen molar-refractivity contribution in [2.24, 2.45) is 0 Å². The molecule has 1 N–H and O–H groups in total. The molecule has 1 amide bonds. The monoisotopic (exact) mass is 338 g/mol. The number of benzene rings is 1. The van der Waals surface area contributed by atoms with Gasteiger partial charge in [-0.2, -0.15) is 5.10 Å². The molecule has 2 fully saturated rings. The van der Waals surface area contributed by atoms with Gasteiger partial charge in [-0.3, -0.25) is 4.79 Å². The van der Waals surface area contributed by atoms with E-state index >= 15 is 0 Å². The van der Waals surface area contributed by atoms with Gasteiger partial charge in [-0.15, -0.1) is 0 Å². The molecule has 2 aromatic rings. The Morgan fingerprint density at radius 1 is 0.960 bits per heavy atom. The summed E-state index contributed by atoms with van der Waals surface area (Å²) in [5, 5.41) is 7.45. The fraction of sp³-hybridized carbons (Fsp3) is 0.500. The van der Waals surface area contributed by atoms with Gasteiger partial charge < -0.3 is 10.2 Å². The van der Waals surface area contributed by atoms with Gasteiger partial charge in [-0.25, -0.2) is 4.68 Å². The third kappa shape index (κ3) is 3.55. The minimum Gasteiger partial charge on any atom is -0.372 e. The molecule has 0 bridgehead atoms. The Kier molecular flexibility index (Phi) is 4.72. The Balaban J connectivity index is 1.43. The lowest BCUT2D eigenvalue weighted by atomic mass is 10.1. The van der Waals surface area contributed by atoms with Gasteiger partial charge in [0.1, 0.15) is 5.82 Å². The van der Waals surface area contributed by atoms with Crippen molar-refractivity contribution in [1.82, 2.24) is 9.78 Å². The maximum absolute atomic E-state index is 12.6. The highest BCUT2D eigenvalue weighted by Gasteiger charge is 2.21. The first-order valence-electron chi connectivity index (χ1n) is 9.51. The number of hydrogen-bond acceptors (Lipinski definition) is 3. The van der Waals surface area contributed by atoms with E-state index in [0.29, 0.717) is 11.6 Å². The Morgan fingerprint density at radius 3 is 2.40 bits per heavy atom. The average molecular weight is 338 g/mol. The summed E-state index contributed by atoms with van der Waals surface area (Å²) in [6.07, 6.45) is 10.4. The highest BCUT2D eigenvalue weighted by Crippen LogP contribution is 2.31. The van der Waals surface area contributed by atoms with Gasteiger partial charge in [0.25, 0.3) is 5.91 Å². The number of carbonyl (C=O) groups is 1. The predicted molar refractivity (Wildman–Crippen MR) is 100 cm³/mol. The fourth-order valence-corrected chi connectivity index (χ4v) is 4.02. The van der Waals surface area contributed by atoms with Crippen LogP contribution in [0.5, 0.6) is 0 Å². The molecule has 4 rings (SSSR count). The summed E-state index contributed by atoms with van der Waals surface area (Å²) < 4.78 is 1.98. The summed E-state index contributed by atoms with van der Waals surface area (Å²) >= 11 is 0. The van der Waals surface area contributed by atoms with E-state index in [0.717, 1.165) is 31.7 Å². The van der Waals surface area contributed by atoms with Gasteiger partial charge >= 0.3 is 0 Å². The highest BCUT2D eigenvalue weighted by atomic mass is 16.1. The van der Waals surface area contributed by atoms with Crippen molar-refractivity contribution in [3.05, 3.63) is 42.1 Å². The van der Waals surface area contributed by atoms with Crippen molar-refractivity contribution in [1.29, 1.82) is 0 Å². The van der Waals surface area contributed by atoms with Crippen molar-refractivity contribution in [3.63, 3.8) is 0 Å². The van der Waals surface area contributed by atoms with Crippen molar-refractivity contribution in [2.45, 2.75) is 51.0 Å². The molecule has 2 heterocycles. The normalized spacial score (nSPS) is 18.5. The minimum atomic E-state index is -0.0649. The zero-order chi connectivity index (χ0) is 17.1. The van der Waals surface area contributed by atoms with Gasteiger partial charge in [0.15, 0.2) is 0 Å². The van der Waals surface area contributed by atoms with Gasteiger partial charge in [0.2, 0.25) is 0 Å². The summed E-state index contributed by atoms with van der Waals surface area (Å²) in [4.78, 5) is 15.0. The third-order valence-electron chi connectivity index (χ3n) is 5.43. The zero-order valence-electron chi connectivity index (χ0n) is 14.7. The summed E-state index contributed by atoms with van der Waals surface area (Å²) in [5.41, 5.74) is 1.91. The summed E-state index contributed by atoms with van der Waals surface area (Å²) in [6, 6.07) is 10.3. The van der Waals surface area contributed by atoms with E-state index in [-0.39, 0.29) is 5.91 Å². The number of amides is 1. The molecule has 5 heteroatoms. The molecule has 0 spiro atoms. The lowest BCUT2D eigenvalue weighted by Crippen LogP contribution is -2.29. The van der Waals surface area contributed by atoms with Crippen molar-refractivity contribution < 1.29 is 4.79 Å². The summed E-state index contributed by atoms with van der Waals surface area (Å²) in [6.45, 7) is 2.23. The SMILES string of the molecule is O=C(Nc1ccnn1C1CCCC1)c1ccc(N2CCCCC2)cc1. The second-order valence-corrected chi connectivity index (χ2v) is 7.15. The zero-order valence-corrected chi connectivity index (χ0v) is 14.7. The van der Waals surface area contributed by atoms with Crippen molar-refractivity contribution in [3.8, 4) is 0 Å². The van der Waals surface area contributed by atoms with Crippen LogP contribution in [0.3, 0.4) is 0 Å². The summed E-state index contributed by atoms with van der Waals surface area (Å²) in [7, 11) is 0. The minimum absolute atomic E-state index is 0.0649. The smallest absolute Gasteiger partial charge is 0.256 e. The molecular weight excluding hydrogens is 312 g/mol. The first-order chi connectivity index (χ1) is 12.3. The van der Waals surface area contributed by atoms with Gasteiger partial charge in [-0.1, -0.05) is 12.8 Å². The van der Waals surface area contributed by atoms with Crippen LogP contribution < -0.4 is 10.2 Å². The molecule has 1 saturated heterocycles. The van der Waals surface area contributed by atoms with E-state index in [9.17, 15) is 4.79 Å². The maximum Gasteiger partial charge on any atom is 0.256 e. The number of aromatic nitrogens is 2. The van der Waals surface area contributed by atoms with Crippen LogP contribution in [0.15, 0.2) is 36.5 Å². The average Bonchev–Trinajstić information content (AvgIpc) is 3.34. The van der Waals surface area contributed by atoms with Crippen LogP contribution in [-0.2, 0) is 0 Å². The van der Waals surface area contributed by atoms with E-state index in [1.807, 2.05) is 22.9 Å². The largest absolute Gasteiger partial charge is 0.372 e. The molecule has 25 heavy (non-hydrogen) atoms. The van der Waals surface area contributed by atoms with E-state index in [4.69, 9.17) is 0 Å². The topological polar surface area (TPSA) is 50.2 Å². The molecule has 1 aromatic heterocycles. The lowest BCUT2D eigenvalue weighted by Gasteiger charge is -2.28. The first kappa shape index (κ1) is 16.2. The molecule has 132 valence electrons. The van der Waals surface area contributed by atoms with Crippen LogP contribution >= 0.6 is 0 Å². The van der Waals surface area contributed by atoms with Crippen LogP contribution in [0.2, 0.25) is 0 Å². The van der Waals surface area contributed by atoms with Gasteiger partial charge in [0.05, 0.1) is 12.2 Å².